The van der Waals surface area contributed by atoms with E-state index in [0.717, 1.165) is 5.56 Å². The molecule has 1 unspecified atom stereocenters. The van der Waals surface area contributed by atoms with Crippen molar-refractivity contribution in [2.24, 2.45) is 0 Å². The van der Waals surface area contributed by atoms with E-state index >= 15 is 0 Å². The van der Waals surface area contributed by atoms with Gasteiger partial charge >= 0.3 is 0 Å². The largest absolute Gasteiger partial charge is 0.385 e. The summed E-state index contributed by atoms with van der Waals surface area (Å²) in [6, 6.07) is 9.55. The highest BCUT2D eigenvalue weighted by Crippen LogP contribution is 2.20. The monoisotopic (exact) mass is 168 g/mol. The van der Waals surface area contributed by atoms with Gasteiger partial charge in [-0.2, -0.15) is 12.6 Å². The molecule has 0 fully saturated rings. The Morgan fingerprint density at radius 3 is 2.36 bits per heavy atom. The molecule has 1 atom stereocenters. The zero-order valence-electron chi connectivity index (χ0n) is 6.49. The van der Waals surface area contributed by atoms with Crippen molar-refractivity contribution in [3.63, 3.8) is 0 Å². The molecule has 1 rings (SSSR count). The lowest BCUT2D eigenvalue weighted by molar-refractivity contribution is 0.0843. The lowest BCUT2D eigenvalue weighted by atomic mass is 9.99. The van der Waals surface area contributed by atoms with Gasteiger partial charge in [0.2, 0.25) is 0 Å². The first-order valence-corrected chi connectivity index (χ1v) is 4.19. The molecule has 0 saturated heterocycles. The summed E-state index contributed by atoms with van der Waals surface area (Å²) in [5.74, 6) is 0.441. The van der Waals surface area contributed by atoms with Crippen molar-refractivity contribution in [2.45, 2.75) is 12.5 Å². The SMILES string of the molecule is CC(O)(CS)c1ccccc1. The highest BCUT2D eigenvalue weighted by atomic mass is 32.1. The maximum Gasteiger partial charge on any atom is 0.0956 e. The van der Waals surface area contributed by atoms with Crippen LogP contribution in [0.3, 0.4) is 0 Å². The van der Waals surface area contributed by atoms with Crippen LogP contribution in [-0.2, 0) is 5.60 Å². The van der Waals surface area contributed by atoms with Crippen molar-refractivity contribution in [3.05, 3.63) is 35.9 Å². The van der Waals surface area contributed by atoms with E-state index in [-0.39, 0.29) is 0 Å². The molecule has 60 valence electrons. The minimum absolute atomic E-state index is 0.441. The predicted octanol–water partition coefficient (Wildman–Crippen LogP) is 1.82. The molecule has 0 aliphatic carbocycles. The fourth-order valence-electron chi connectivity index (χ4n) is 0.888. The Morgan fingerprint density at radius 2 is 1.91 bits per heavy atom. The third kappa shape index (κ3) is 1.98. The lowest BCUT2D eigenvalue weighted by Crippen LogP contribution is -2.22. The molecule has 0 radical (unpaired) electrons. The van der Waals surface area contributed by atoms with Gasteiger partial charge in [0.15, 0.2) is 0 Å². The molecular weight excluding hydrogens is 156 g/mol. The molecule has 0 bridgehead atoms. The second kappa shape index (κ2) is 3.28. The van der Waals surface area contributed by atoms with Gasteiger partial charge in [-0.1, -0.05) is 30.3 Å². The van der Waals surface area contributed by atoms with Crippen LogP contribution in [0.2, 0.25) is 0 Å². The minimum Gasteiger partial charge on any atom is -0.385 e. The molecule has 1 aromatic rings. The molecule has 1 aromatic carbocycles. The van der Waals surface area contributed by atoms with Crippen LogP contribution < -0.4 is 0 Å². The molecule has 1 N–H and O–H groups in total. The van der Waals surface area contributed by atoms with Gasteiger partial charge in [0.05, 0.1) is 5.60 Å². The Labute approximate surface area is 72.5 Å². The Bertz CT molecular complexity index is 218. The van der Waals surface area contributed by atoms with E-state index in [4.69, 9.17) is 0 Å². The van der Waals surface area contributed by atoms with Crippen molar-refractivity contribution in [2.75, 3.05) is 5.75 Å². The third-order valence-electron chi connectivity index (χ3n) is 1.70. The highest BCUT2D eigenvalue weighted by molar-refractivity contribution is 7.80. The maximum absolute atomic E-state index is 9.72. The fraction of sp³-hybridized carbons (Fsp3) is 0.333. The molecule has 0 spiro atoms. The predicted molar refractivity (Wildman–Crippen MR) is 49.9 cm³/mol. The smallest absolute Gasteiger partial charge is 0.0956 e. The van der Waals surface area contributed by atoms with Crippen molar-refractivity contribution < 1.29 is 5.11 Å². The van der Waals surface area contributed by atoms with Gasteiger partial charge < -0.3 is 5.11 Å². The standard InChI is InChI=1S/C9H12OS/c1-9(10,7-11)8-5-3-2-4-6-8/h2-6,10-11H,7H2,1H3. The number of aliphatic hydroxyl groups is 1. The quantitative estimate of drug-likeness (QED) is 0.645. The molecule has 2 heteroatoms. The van der Waals surface area contributed by atoms with E-state index in [2.05, 4.69) is 12.6 Å². The summed E-state index contributed by atoms with van der Waals surface area (Å²) in [5.41, 5.74) is 0.111. The minimum atomic E-state index is -0.801. The van der Waals surface area contributed by atoms with E-state index in [1.165, 1.54) is 0 Å². The summed E-state index contributed by atoms with van der Waals surface area (Å²) in [7, 11) is 0. The summed E-state index contributed by atoms with van der Waals surface area (Å²) in [4.78, 5) is 0. The van der Waals surface area contributed by atoms with E-state index in [1.54, 1.807) is 6.92 Å². The Kier molecular flexibility index (Phi) is 2.58. The summed E-state index contributed by atoms with van der Waals surface area (Å²) in [6.07, 6.45) is 0. The van der Waals surface area contributed by atoms with Crippen molar-refractivity contribution in [1.82, 2.24) is 0 Å². The number of hydrogen-bond acceptors (Lipinski definition) is 2. The molecule has 0 aromatic heterocycles. The summed E-state index contributed by atoms with van der Waals surface area (Å²) in [5, 5.41) is 9.72. The average molecular weight is 168 g/mol. The molecule has 0 aliphatic heterocycles. The lowest BCUT2D eigenvalue weighted by Gasteiger charge is -2.20. The Hall–Kier alpha value is -0.470. The van der Waals surface area contributed by atoms with E-state index < -0.39 is 5.60 Å². The molecule has 0 aliphatic rings. The van der Waals surface area contributed by atoms with Crippen molar-refractivity contribution in [1.29, 1.82) is 0 Å². The average Bonchev–Trinajstić information content (AvgIpc) is 2.06. The molecule has 11 heavy (non-hydrogen) atoms. The molecule has 0 amide bonds. The van der Waals surface area contributed by atoms with Crippen LogP contribution in [0.1, 0.15) is 12.5 Å². The highest BCUT2D eigenvalue weighted by Gasteiger charge is 2.19. The summed E-state index contributed by atoms with van der Waals surface area (Å²) in [6.45, 7) is 1.76. The molecule has 0 saturated carbocycles. The van der Waals surface area contributed by atoms with Crippen molar-refractivity contribution in [3.8, 4) is 0 Å². The summed E-state index contributed by atoms with van der Waals surface area (Å²) >= 11 is 4.06. The van der Waals surface area contributed by atoms with Crippen LogP contribution in [0.15, 0.2) is 30.3 Å². The van der Waals surface area contributed by atoms with Gasteiger partial charge in [-0.25, -0.2) is 0 Å². The third-order valence-corrected chi connectivity index (χ3v) is 2.32. The van der Waals surface area contributed by atoms with Crippen LogP contribution in [0.4, 0.5) is 0 Å². The molecule has 0 heterocycles. The Balaban J connectivity index is 2.93. The van der Waals surface area contributed by atoms with Gasteiger partial charge in [0.1, 0.15) is 0 Å². The topological polar surface area (TPSA) is 20.2 Å². The number of thiol groups is 1. The number of rotatable bonds is 2. The van der Waals surface area contributed by atoms with Crippen LogP contribution in [-0.4, -0.2) is 10.9 Å². The second-order valence-electron chi connectivity index (χ2n) is 2.80. The van der Waals surface area contributed by atoms with Crippen LogP contribution in [0, 0.1) is 0 Å². The summed E-state index contributed by atoms with van der Waals surface area (Å²) < 4.78 is 0. The zero-order chi connectivity index (χ0) is 8.32. The molecular formula is C9H12OS. The number of benzene rings is 1. The first-order chi connectivity index (χ1) is 5.17. The van der Waals surface area contributed by atoms with Crippen LogP contribution in [0.5, 0.6) is 0 Å². The van der Waals surface area contributed by atoms with Gasteiger partial charge in [0.25, 0.3) is 0 Å². The van der Waals surface area contributed by atoms with Gasteiger partial charge in [-0.15, -0.1) is 0 Å². The van der Waals surface area contributed by atoms with E-state index in [9.17, 15) is 5.11 Å². The second-order valence-corrected chi connectivity index (χ2v) is 3.11. The van der Waals surface area contributed by atoms with Gasteiger partial charge in [-0.3, -0.25) is 0 Å². The first-order valence-electron chi connectivity index (χ1n) is 3.55. The van der Waals surface area contributed by atoms with Crippen LogP contribution in [0.25, 0.3) is 0 Å². The van der Waals surface area contributed by atoms with Gasteiger partial charge in [-0.05, 0) is 12.5 Å². The first kappa shape index (κ1) is 8.62. The van der Waals surface area contributed by atoms with E-state index in [1.807, 2.05) is 30.3 Å². The maximum atomic E-state index is 9.72. The van der Waals surface area contributed by atoms with E-state index in [0.29, 0.717) is 5.75 Å². The van der Waals surface area contributed by atoms with Crippen molar-refractivity contribution >= 4 is 12.6 Å². The molecule has 1 nitrogen and oxygen atoms in total. The van der Waals surface area contributed by atoms with Crippen LogP contribution >= 0.6 is 12.6 Å². The fourth-order valence-corrected chi connectivity index (χ4v) is 1.07. The number of hydrogen-bond donors (Lipinski definition) is 2. The Morgan fingerprint density at radius 1 is 1.36 bits per heavy atom. The normalized spacial score (nSPS) is 15.9. The van der Waals surface area contributed by atoms with Gasteiger partial charge in [0, 0.05) is 5.75 Å². The zero-order valence-corrected chi connectivity index (χ0v) is 7.38.